The van der Waals surface area contributed by atoms with Crippen molar-refractivity contribution in [2.24, 2.45) is 0 Å². The van der Waals surface area contributed by atoms with E-state index in [1.807, 2.05) is 0 Å². The first-order valence-electron chi connectivity index (χ1n) is 5.57. The van der Waals surface area contributed by atoms with Gasteiger partial charge in [-0.15, -0.1) is 0 Å². The molecule has 2 aromatic rings. The smallest absolute Gasteiger partial charge is 0.224 e. The average molecular weight is 379 g/mol. The van der Waals surface area contributed by atoms with Crippen molar-refractivity contribution in [2.75, 3.05) is 18.6 Å². The molecule has 106 valence electrons. The van der Waals surface area contributed by atoms with Crippen molar-refractivity contribution in [3.8, 4) is 0 Å². The molecule has 1 N–H and O–H groups in total. The Hall–Kier alpha value is -0.970. The third-order valence-electron chi connectivity index (χ3n) is 2.51. The van der Waals surface area contributed by atoms with Crippen molar-refractivity contribution in [1.29, 1.82) is 0 Å². The molecule has 0 fully saturated rings. The fourth-order valence-corrected chi connectivity index (χ4v) is 3.19. The number of nitrogens with one attached hydrogen (secondary N) is 1. The lowest BCUT2D eigenvalue weighted by atomic mass is 10.3. The van der Waals surface area contributed by atoms with E-state index >= 15 is 0 Å². The lowest BCUT2D eigenvalue weighted by Crippen LogP contribution is -2.11. The zero-order valence-corrected chi connectivity index (χ0v) is 13.9. The van der Waals surface area contributed by atoms with Crippen LogP contribution in [-0.4, -0.2) is 23.3 Å². The van der Waals surface area contributed by atoms with Crippen LogP contribution in [0.2, 0.25) is 5.28 Å². The molecule has 0 unspecified atom stereocenters. The summed E-state index contributed by atoms with van der Waals surface area (Å²) in [5, 5.41) is 3.49. The van der Waals surface area contributed by atoms with Crippen molar-refractivity contribution in [1.82, 2.24) is 9.97 Å². The number of hydrogen-bond donors (Lipinski definition) is 1. The van der Waals surface area contributed by atoms with Crippen LogP contribution < -0.4 is 10.6 Å². The van der Waals surface area contributed by atoms with Crippen molar-refractivity contribution in [3.05, 3.63) is 40.0 Å². The molecule has 1 heterocycles. The topological polar surface area (TPSA) is 54.9 Å². The maximum atomic E-state index is 13.4. The molecule has 20 heavy (non-hydrogen) atoms. The highest BCUT2D eigenvalue weighted by molar-refractivity contribution is 9.10. The minimum absolute atomic E-state index is 0.0792. The van der Waals surface area contributed by atoms with Gasteiger partial charge in [0, 0.05) is 11.5 Å². The Morgan fingerprint density at radius 2 is 2.10 bits per heavy atom. The van der Waals surface area contributed by atoms with E-state index in [0.717, 1.165) is 0 Å². The number of halogens is 3. The molecule has 8 heteroatoms. The van der Waals surface area contributed by atoms with E-state index in [0.29, 0.717) is 21.3 Å². The zero-order valence-electron chi connectivity index (χ0n) is 10.7. The molecule has 0 aliphatic carbocycles. The highest BCUT2D eigenvalue weighted by Gasteiger charge is 2.18. The number of aromatic nitrogens is 2. The van der Waals surface area contributed by atoms with Crippen LogP contribution in [0.15, 0.2) is 28.9 Å². The Bertz CT molecular complexity index is 707. The standard InChI is InChI=1S/C12H11BrClFN3OP/c1-20(2,19)10-5-7(15)3-4-9(10)17-11-8(13)6-16-12(14)18-11/h3-6H,1-2H3,(H,16,17,18). The van der Waals surface area contributed by atoms with Gasteiger partial charge in [0.2, 0.25) is 5.28 Å². The van der Waals surface area contributed by atoms with Crippen molar-refractivity contribution >= 4 is 51.5 Å². The van der Waals surface area contributed by atoms with Gasteiger partial charge < -0.3 is 9.88 Å². The van der Waals surface area contributed by atoms with E-state index in [4.69, 9.17) is 11.6 Å². The molecule has 0 radical (unpaired) electrons. The predicted molar refractivity (Wildman–Crippen MR) is 83.5 cm³/mol. The Morgan fingerprint density at radius 3 is 2.75 bits per heavy atom. The summed E-state index contributed by atoms with van der Waals surface area (Å²) < 4.78 is 26.2. The molecular formula is C12H11BrClFN3OP. The average Bonchev–Trinajstić information content (AvgIpc) is 2.34. The summed E-state index contributed by atoms with van der Waals surface area (Å²) in [5.74, 6) is -0.0134. The monoisotopic (exact) mass is 377 g/mol. The largest absolute Gasteiger partial charge is 0.339 e. The third kappa shape index (κ3) is 3.57. The quantitative estimate of drug-likeness (QED) is 0.647. The van der Waals surface area contributed by atoms with E-state index in [9.17, 15) is 8.96 Å². The SMILES string of the molecule is CP(C)(=O)c1cc(F)ccc1Nc1nc(Cl)ncc1Br. The van der Waals surface area contributed by atoms with Gasteiger partial charge in [-0.25, -0.2) is 9.37 Å². The second-order valence-electron chi connectivity index (χ2n) is 4.47. The van der Waals surface area contributed by atoms with Gasteiger partial charge in [0.05, 0.1) is 10.2 Å². The van der Waals surface area contributed by atoms with E-state index in [1.54, 1.807) is 13.3 Å². The van der Waals surface area contributed by atoms with Gasteiger partial charge in [0.15, 0.2) is 0 Å². The maximum Gasteiger partial charge on any atom is 0.224 e. The molecule has 0 saturated heterocycles. The molecule has 1 aromatic heterocycles. The first kappa shape index (κ1) is 15.4. The fourth-order valence-electron chi connectivity index (χ4n) is 1.62. The minimum atomic E-state index is -2.64. The first-order valence-corrected chi connectivity index (χ1v) is 9.35. The van der Waals surface area contributed by atoms with E-state index < -0.39 is 13.0 Å². The molecule has 1 aromatic carbocycles. The Morgan fingerprint density at radius 1 is 1.40 bits per heavy atom. The molecule has 4 nitrogen and oxygen atoms in total. The molecule has 0 saturated carbocycles. The van der Waals surface area contributed by atoms with Crippen LogP contribution in [0.5, 0.6) is 0 Å². The summed E-state index contributed by atoms with van der Waals surface area (Å²) in [7, 11) is -2.64. The van der Waals surface area contributed by atoms with Gasteiger partial charge in [-0.05, 0) is 59.1 Å². The van der Waals surface area contributed by atoms with Crippen LogP contribution in [0.3, 0.4) is 0 Å². The predicted octanol–water partition coefficient (Wildman–Crippen LogP) is 4.02. The second kappa shape index (κ2) is 5.80. The fraction of sp³-hybridized carbons (Fsp3) is 0.167. The molecule has 0 spiro atoms. The molecule has 2 rings (SSSR count). The van der Waals surface area contributed by atoms with Crippen molar-refractivity contribution < 1.29 is 8.96 Å². The van der Waals surface area contributed by atoms with Crippen LogP contribution >= 0.6 is 34.7 Å². The van der Waals surface area contributed by atoms with Crippen LogP contribution in [-0.2, 0) is 4.57 Å². The second-order valence-corrected chi connectivity index (χ2v) is 8.85. The van der Waals surface area contributed by atoms with E-state index in [1.165, 1.54) is 24.4 Å². The normalized spacial score (nSPS) is 11.4. The first-order chi connectivity index (χ1) is 9.27. The third-order valence-corrected chi connectivity index (χ3v) is 4.80. The number of nitrogens with zero attached hydrogens (tertiary/aromatic N) is 2. The van der Waals surface area contributed by atoms with Crippen LogP contribution in [0, 0.1) is 5.82 Å². The number of rotatable bonds is 3. The van der Waals surface area contributed by atoms with Crippen molar-refractivity contribution in [3.63, 3.8) is 0 Å². The maximum absolute atomic E-state index is 13.4. The highest BCUT2D eigenvalue weighted by Crippen LogP contribution is 2.39. The Balaban J connectivity index is 2.49. The van der Waals surface area contributed by atoms with E-state index in [-0.39, 0.29) is 5.28 Å². The summed E-state index contributed by atoms with van der Waals surface area (Å²) in [5.41, 5.74) is 0.523. The van der Waals surface area contributed by atoms with E-state index in [2.05, 4.69) is 31.2 Å². The van der Waals surface area contributed by atoms with Gasteiger partial charge in [0.1, 0.15) is 18.8 Å². The Kier molecular flexibility index (Phi) is 4.47. The number of benzene rings is 1. The van der Waals surface area contributed by atoms with Crippen LogP contribution in [0.25, 0.3) is 0 Å². The van der Waals surface area contributed by atoms with Crippen molar-refractivity contribution in [2.45, 2.75) is 0 Å². The van der Waals surface area contributed by atoms with Gasteiger partial charge in [-0.3, -0.25) is 0 Å². The van der Waals surface area contributed by atoms with Gasteiger partial charge in [0.25, 0.3) is 0 Å². The molecule has 0 aliphatic rings. The molecule has 0 atom stereocenters. The number of hydrogen-bond acceptors (Lipinski definition) is 4. The lowest BCUT2D eigenvalue weighted by Gasteiger charge is -2.15. The van der Waals surface area contributed by atoms with Crippen LogP contribution in [0.1, 0.15) is 0 Å². The molecule has 0 bridgehead atoms. The molecular weight excluding hydrogens is 367 g/mol. The Labute approximate surface area is 129 Å². The lowest BCUT2D eigenvalue weighted by molar-refractivity contribution is 0.587. The van der Waals surface area contributed by atoms with Crippen LogP contribution in [0.4, 0.5) is 15.9 Å². The minimum Gasteiger partial charge on any atom is -0.339 e. The number of anilines is 2. The van der Waals surface area contributed by atoms with Gasteiger partial charge in [-0.1, -0.05) is 0 Å². The summed E-state index contributed by atoms with van der Waals surface area (Å²) in [6.45, 7) is 3.16. The summed E-state index contributed by atoms with van der Waals surface area (Å²) in [4.78, 5) is 7.85. The molecule has 0 amide bonds. The summed E-state index contributed by atoms with van der Waals surface area (Å²) in [6.07, 6.45) is 1.50. The summed E-state index contributed by atoms with van der Waals surface area (Å²) >= 11 is 9.03. The summed E-state index contributed by atoms with van der Waals surface area (Å²) in [6, 6.07) is 4.07. The molecule has 0 aliphatic heterocycles. The highest BCUT2D eigenvalue weighted by atomic mass is 79.9. The zero-order chi connectivity index (χ0) is 14.9. The van der Waals surface area contributed by atoms with Gasteiger partial charge in [-0.2, -0.15) is 4.98 Å². The van der Waals surface area contributed by atoms with Gasteiger partial charge >= 0.3 is 0 Å².